The van der Waals surface area contributed by atoms with Crippen molar-refractivity contribution in [1.82, 2.24) is 5.32 Å². The van der Waals surface area contributed by atoms with Gasteiger partial charge in [-0.15, -0.1) is 0 Å². The van der Waals surface area contributed by atoms with Crippen LogP contribution in [0.3, 0.4) is 0 Å². The van der Waals surface area contributed by atoms with Gasteiger partial charge in [-0.1, -0.05) is 12.1 Å². The first-order chi connectivity index (χ1) is 10.1. The van der Waals surface area contributed by atoms with Crippen molar-refractivity contribution in [3.8, 4) is 5.75 Å². The Morgan fingerprint density at radius 3 is 2.86 bits per heavy atom. The van der Waals surface area contributed by atoms with E-state index in [4.69, 9.17) is 14.9 Å². The van der Waals surface area contributed by atoms with E-state index in [0.717, 1.165) is 16.9 Å². The third-order valence-electron chi connectivity index (χ3n) is 3.08. The fourth-order valence-electron chi connectivity index (χ4n) is 1.98. The first-order valence-corrected chi connectivity index (χ1v) is 6.92. The van der Waals surface area contributed by atoms with Crippen molar-refractivity contribution < 1.29 is 13.9 Å². The lowest BCUT2D eigenvalue weighted by Gasteiger charge is -2.11. The summed E-state index contributed by atoms with van der Waals surface area (Å²) in [5.74, 6) is 1.19. The molecule has 2 aromatic rings. The second-order valence-corrected chi connectivity index (χ2v) is 4.73. The molecule has 5 heteroatoms. The normalized spacial score (nSPS) is 10.4. The van der Waals surface area contributed by atoms with Crippen molar-refractivity contribution in [2.24, 2.45) is 5.73 Å². The highest BCUT2D eigenvalue weighted by Crippen LogP contribution is 2.20. The minimum Gasteiger partial charge on any atom is -0.494 e. The molecule has 1 aromatic carbocycles. The molecule has 0 radical (unpaired) electrons. The Bertz CT molecular complexity index is 620. The van der Waals surface area contributed by atoms with E-state index >= 15 is 0 Å². The molecule has 1 amide bonds. The van der Waals surface area contributed by atoms with Gasteiger partial charge in [-0.2, -0.15) is 0 Å². The molecule has 21 heavy (non-hydrogen) atoms. The number of hydrogen-bond donors (Lipinski definition) is 2. The average molecular weight is 288 g/mol. The molecule has 2 rings (SSSR count). The van der Waals surface area contributed by atoms with Gasteiger partial charge in [0.1, 0.15) is 17.8 Å². The number of carbonyl (C=O) groups excluding carboxylic acids is 1. The zero-order valence-corrected chi connectivity index (χ0v) is 12.3. The van der Waals surface area contributed by atoms with Crippen LogP contribution in [0.5, 0.6) is 5.75 Å². The maximum absolute atomic E-state index is 12.0. The number of aryl methyl sites for hydroxylation is 1. The Labute approximate surface area is 124 Å². The van der Waals surface area contributed by atoms with Crippen LogP contribution in [0.2, 0.25) is 0 Å². The highest BCUT2D eigenvalue weighted by atomic mass is 16.5. The molecule has 0 saturated carbocycles. The molecule has 0 bridgehead atoms. The summed E-state index contributed by atoms with van der Waals surface area (Å²) in [6.07, 6.45) is 1.41. The molecule has 1 heterocycles. The Hall–Kier alpha value is -2.27. The summed E-state index contributed by atoms with van der Waals surface area (Å²) in [6, 6.07) is 7.57. The number of nitrogens with two attached hydrogens (primary N) is 1. The molecule has 112 valence electrons. The van der Waals surface area contributed by atoms with E-state index in [-0.39, 0.29) is 12.5 Å². The lowest BCUT2D eigenvalue weighted by Crippen LogP contribution is -2.22. The molecule has 0 aliphatic heterocycles. The van der Waals surface area contributed by atoms with Gasteiger partial charge in [0.2, 0.25) is 0 Å². The van der Waals surface area contributed by atoms with E-state index in [1.165, 1.54) is 6.26 Å². The molecule has 3 N–H and O–H groups in total. The van der Waals surface area contributed by atoms with Crippen LogP contribution in [-0.2, 0) is 13.1 Å². The van der Waals surface area contributed by atoms with Crippen LogP contribution in [0, 0.1) is 6.92 Å². The molecular weight excluding hydrogens is 268 g/mol. The van der Waals surface area contributed by atoms with Crippen LogP contribution < -0.4 is 15.8 Å². The standard InChI is InChI=1S/C16H20N2O3/c1-3-20-15-6-11(2)4-5-12(15)9-18-16(19)13-7-14(8-17)21-10-13/h4-7,10H,3,8-9,17H2,1-2H3,(H,18,19). The van der Waals surface area contributed by atoms with E-state index in [0.29, 0.717) is 24.5 Å². The van der Waals surface area contributed by atoms with Gasteiger partial charge in [-0.3, -0.25) is 4.79 Å². The van der Waals surface area contributed by atoms with Gasteiger partial charge in [0.05, 0.1) is 18.7 Å². The molecule has 0 atom stereocenters. The van der Waals surface area contributed by atoms with Gasteiger partial charge in [-0.05, 0) is 31.5 Å². The molecule has 0 unspecified atom stereocenters. The molecule has 5 nitrogen and oxygen atoms in total. The molecule has 0 aliphatic rings. The zero-order valence-electron chi connectivity index (χ0n) is 12.3. The second-order valence-electron chi connectivity index (χ2n) is 4.73. The first kappa shape index (κ1) is 15.1. The fourth-order valence-corrected chi connectivity index (χ4v) is 1.98. The number of furan rings is 1. The summed E-state index contributed by atoms with van der Waals surface area (Å²) in [5.41, 5.74) is 7.99. The molecule has 0 aliphatic carbocycles. The van der Waals surface area contributed by atoms with Crippen molar-refractivity contribution >= 4 is 5.91 Å². The largest absolute Gasteiger partial charge is 0.494 e. The highest BCUT2D eigenvalue weighted by Gasteiger charge is 2.11. The molecule has 0 saturated heterocycles. The van der Waals surface area contributed by atoms with E-state index in [1.54, 1.807) is 6.07 Å². The summed E-state index contributed by atoms with van der Waals surface area (Å²) in [7, 11) is 0. The van der Waals surface area contributed by atoms with Gasteiger partial charge in [-0.25, -0.2) is 0 Å². The predicted octanol–water partition coefficient (Wildman–Crippen LogP) is 2.38. The third kappa shape index (κ3) is 3.86. The zero-order chi connectivity index (χ0) is 15.2. The van der Waals surface area contributed by atoms with Crippen LogP contribution in [0.25, 0.3) is 0 Å². The van der Waals surface area contributed by atoms with Crippen molar-refractivity contribution in [2.75, 3.05) is 6.61 Å². The average Bonchev–Trinajstić information content (AvgIpc) is 2.95. The lowest BCUT2D eigenvalue weighted by atomic mass is 10.1. The summed E-state index contributed by atoms with van der Waals surface area (Å²) >= 11 is 0. The minimum absolute atomic E-state index is 0.193. The van der Waals surface area contributed by atoms with E-state index in [2.05, 4.69) is 5.32 Å². The van der Waals surface area contributed by atoms with Crippen molar-refractivity contribution in [2.45, 2.75) is 26.9 Å². The summed E-state index contributed by atoms with van der Waals surface area (Å²) in [4.78, 5) is 12.0. The van der Waals surface area contributed by atoms with Crippen molar-refractivity contribution in [1.29, 1.82) is 0 Å². The maximum Gasteiger partial charge on any atom is 0.254 e. The smallest absolute Gasteiger partial charge is 0.254 e. The van der Waals surface area contributed by atoms with Gasteiger partial charge < -0.3 is 20.2 Å². The van der Waals surface area contributed by atoms with E-state index < -0.39 is 0 Å². The number of carbonyl (C=O) groups is 1. The van der Waals surface area contributed by atoms with Crippen LogP contribution in [-0.4, -0.2) is 12.5 Å². The fraction of sp³-hybridized carbons (Fsp3) is 0.312. The van der Waals surface area contributed by atoms with Gasteiger partial charge in [0.15, 0.2) is 0 Å². The van der Waals surface area contributed by atoms with Crippen LogP contribution in [0.1, 0.15) is 34.2 Å². The third-order valence-corrected chi connectivity index (χ3v) is 3.08. The first-order valence-electron chi connectivity index (χ1n) is 6.92. The summed E-state index contributed by atoms with van der Waals surface area (Å²) in [5, 5.41) is 2.85. The molecule has 0 fully saturated rings. The molecular formula is C16H20N2O3. The predicted molar refractivity (Wildman–Crippen MR) is 80.1 cm³/mol. The van der Waals surface area contributed by atoms with Crippen LogP contribution >= 0.6 is 0 Å². The van der Waals surface area contributed by atoms with Crippen molar-refractivity contribution in [3.05, 3.63) is 53.0 Å². The Morgan fingerprint density at radius 2 is 2.19 bits per heavy atom. The Kier molecular flexibility index (Phi) is 5.00. The number of benzene rings is 1. The second kappa shape index (κ2) is 6.95. The van der Waals surface area contributed by atoms with Gasteiger partial charge in [0, 0.05) is 12.1 Å². The topological polar surface area (TPSA) is 77.5 Å². The number of amides is 1. The van der Waals surface area contributed by atoms with Crippen LogP contribution in [0.15, 0.2) is 34.9 Å². The van der Waals surface area contributed by atoms with Crippen molar-refractivity contribution in [3.63, 3.8) is 0 Å². The Balaban J connectivity index is 2.03. The minimum atomic E-state index is -0.193. The maximum atomic E-state index is 12.0. The lowest BCUT2D eigenvalue weighted by molar-refractivity contribution is 0.0950. The summed E-state index contributed by atoms with van der Waals surface area (Å²) in [6.45, 7) is 5.21. The number of nitrogens with one attached hydrogen (secondary N) is 1. The van der Waals surface area contributed by atoms with Crippen LogP contribution in [0.4, 0.5) is 0 Å². The highest BCUT2D eigenvalue weighted by molar-refractivity contribution is 5.93. The number of ether oxygens (including phenoxy) is 1. The SMILES string of the molecule is CCOc1cc(C)ccc1CNC(=O)c1coc(CN)c1. The Morgan fingerprint density at radius 1 is 1.38 bits per heavy atom. The number of rotatable bonds is 6. The quantitative estimate of drug-likeness (QED) is 0.855. The van der Waals surface area contributed by atoms with E-state index in [9.17, 15) is 4.79 Å². The summed E-state index contributed by atoms with van der Waals surface area (Å²) < 4.78 is 10.7. The molecule has 1 aromatic heterocycles. The number of hydrogen-bond acceptors (Lipinski definition) is 4. The monoisotopic (exact) mass is 288 g/mol. The van der Waals surface area contributed by atoms with E-state index in [1.807, 2.05) is 32.0 Å². The van der Waals surface area contributed by atoms with Gasteiger partial charge >= 0.3 is 0 Å². The molecule has 0 spiro atoms. The van der Waals surface area contributed by atoms with Gasteiger partial charge in [0.25, 0.3) is 5.91 Å².